The second kappa shape index (κ2) is 8.07. The van der Waals surface area contributed by atoms with Crippen LogP contribution in [0.25, 0.3) is 0 Å². The van der Waals surface area contributed by atoms with E-state index >= 15 is 0 Å². The second-order valence-electron chi connectivity index (χ2n) is 5.03. The number of nitrogens with two attached hydrogens (primary N) is 1. The van der Waals surface area contributed by atoms with Gasteiger partial charge in [0.05, 0.1) is 4.92 Å². The highest BCUT2D eigenvalue weighted by Crippen LogP contribution is 2.17. The van der Waals surface area contributed by atoms with Crippen LogP contribution in [0.4, 0.5) is 17.1 Å². The highest BCUT2D eigenvalue weighted by Gasteiger charge is 2.13. The van der Waals surface area contributed by atoms with Crippen molar-refractivity contribution in [1.82, 2.24) is 5.32 Å². The van der Waals surface area contributed by atoms with Crippen molar-refractivity contribution in [3.8, 4) is 6.07 Å². The molecule has 0 heterocycles. The molecule has 0 spiro atoms. The first kappa shape index (κ1) is 18.2. The lowest BCUT2D eigenvalue weighted by Crippen LogP contribution is -2.21. The molecule has 0 unspecified atom stereocenters. The molecule has 0 aliphatic rings. The van der Waals surface area contributed by atoms with Crippen molar-refractivity contribution >= 4 is 28.9 Å². The smallest absolute Gasteiger partial charge is 0.271 e. The molecule has 0 fully saturated rings. The number of amides is 2. The Kier molecular flexibility index (Phi) is 5.63. The summed E-state index contributed by atoms with van der Waals surface area (Å²) in [6.45, 7) is 0. The molecule has 0 saturated heterocycles. The summed E-state index contributed by atoms with van der Waals surface area (Å²) in [5, 5.41) is 24.5. The van der Waals surface area contributed by atoms with E-state index in [9.17, 15) is 19.7 Å². The van der Waals surface area contributed by atoms with Crippen LogP contribution in [0.15, 0.2) is 60.3 Å². The minimum absolute atomic E-state index is 0.148. The molecule has 2 aromatic carbocycles. The van der Waals surface area contributed by atoms with Gasteiger partial charge in [-0.25, -0.2) is 0 Å². The summed E-state index contributed by atoms with van der Waals surface area (Å²) in [6.07, 6.45) is 0.964. The molecule has 0 bridgehead atoms. The quantitative estimate of drug-likeness (QED) is 0.246. The summed E-state index contributed by atoms with van der Waals surface area (Å²) in [5.41, 5.74) is 5.89. The maximum Gasteiger partial charge on any atom is 0.271 e. The topological polar surface area (TPSA) is 151 Å². The van der Waals surface area contributed by atoms with E-state index in [1.165, 1.54) is 30.3 Å². The first-order valence-electron chi connectivity index (χ1n) is 7.23. The maximum atomic E-state index is 12.1. The number of nitro groups is 1. The van der Waals surface area contributed by atoms with Gasteiger partial charge in [-0.05, 0) is 30.3 Å². The van der Waals surface area contributed by atoms with Crippen molar-refractivity contribution < 1.29 is 14.5 Å². The fourth-order valence-corrected chi connectivity index (χ4v) is 1.90. The zero-order valence-electron chi connectivity index (χ0n) is 13.3. The number of nitriles is 1. The van der Waals surface area contributed by atoms with E-state index in [0.29, 0.717) is 11.3 Å². The summed E-state index contributed by atoms with van der Waals surface area (Å²) < 4.78 is 0. The van der Waals surface area contributed by atoms with E-state index in [1.807, 2.05) is 0 Å². The van der Waals surface area contributed by atoms with Crippen molar-refractivity contribution in [3.05, 3.63) is 76.0 Å². The van der Waals surface area contributed by atoms with Crippen molar-refractivity contribution in [1.29, 1.82) is 5.26 Å². The third-order valence-electron chi connectivity index (χ3n) is 3.20. The highest BCUT2D eigenvalue weighted by atomic mass is 16.6. The molecular formula is C17H13N5O4. The molecule has 2 aromatic rings. The molecular weight excluding hydrogens is 338 g/mol. The van der Waals surface area contributed by atoms with Crippen LogP contribution in [0.5, 0.6) is 0 Å². The van der Waals surface area contributed by atoms with E-state index in [1.54, 1.807) is 18.2 Å². The average Bonchev–Trinajstić information content (AvgIpc) is 2.62. The Balaban J connectivity index is 2.08. The monoisotopic (exact) mass is 351 g/mol. The van der Waals surface area contributed by atoms with Crippen LogP contribution in [-0.4, -0.2) is 16.7 Å². The number of benzene rings is 2. The van der Waals surface area contributed by atoms with Gasteiger partial charge in [-0.15, -0.1) is 0 Å². The molecule has 2 rings (SSSR count). The molecule has 130 valence electrons. The maximum absolute atomic E-state index is 12.1. The predicted octanol–water partition coefficient (Wildman–Crippen LogP) is 1.95. The van der Waals surface area contributed by atoms with Crippen LogP contribution >= 0.6 is 0 Å². The summed E-state index contributed by atoms with van der Waals surface area (Å²) >= 11 is 0. The second-order valence-corrected chi connectivity index (χ2v) is 5.03. The fourth-order valence-electron chi connectivity index (χ4n) is 1.90. The molecule has 0 aliphatic heterocycles. The third-order valence-corrected chi connectivity index (χ3v) is 3.20. The van der Waals surface area contributed by atoms with Gasteiger partial charge in [0.25, 0.3) is 17.5 Å². The molecule has 0 aromatic heterocycles. The van der Waals surface area contributed by atoms with Crippen LogP contribution in [0, 0.1) is 21.4 Å². The number of rotatable bonds is 5. The molecule has 0 atom stereocenters. The summed E-state index contributed by atoms with van der Waals surface area (Å²) in [4.78, 5) is 34.2. The number of carbonyl (C=O) groups excluding carboxylic acids is 2. The van der Waals surface area contributed by atoms with Crippen LogP contribution in [0.1, 0.15) is 10.4 Å². The first-order valence-corrected chi connectivity index (χ1v) is 7.23. The van der Waals surface area contributed by atoms with Crippen molar-refractivity contribution in [2.24, 2.45) is 0 Å². The highest BCUT2D eigenvalue weighted by molar-refractivity contribution is 6.07. The zero-order chi connectivity index (χ0) is 19.1. The molecule has 2 amide bonds. The van der Waals surface area contributed by atoms with Crippen molar-refractivity contribution in [2.45, 2.75) is 0 Å². The Labute approximate surface area is 147 Å². The van der Waals surface area contributed by atoms with Crippen LogP contribution < -0.4 is 16.4 Å². The van der Waals surface area contributed by atoms with Crippen LogP contribution in [-0.2, 0) is 4.79 Å². The Morgan fingerprint density at radius 3 is 2.50 bits per heavy atom. The molecule has 9 heteroatoms. The van der Waals surface area contributed by atoms with Crippen molar-refractivity contribution in [2.75, 3.05) is 11.1 Å². The van der Waals surface area contributed by atoms with Gasteiger partial charge in [0.1, 0.15) is 11.6 Å². The third kappa shape index (κ3) is 4.65. The van der Waals surface area contributed by atoms with Gasteiger partial charge in [-0.2, -0.15) is 5.26 Å². The van der Waals surface area contributed by atoms with Gasteiger partial charge < -0.3 is 16.4 Å². The number of nitrogens with zero attached hydrogens (tertiary/aromatic N) is 2. The predicted molar refractivity (Wildman–Crippen MR) is 93.7 cm³/mol. The lowest BCUT2D eigenvalue weighted by Gasteiger charge is -2.05. The first-order chi connectivity index (χ1) is 12.4. The van der Waals surface area contributed by atoms with E-state index in [0.717, 1.165) is 12.3 Å². The molecule has 0 aliphatic carbocycles. The molecule has 9 nitrogen and oxygen atoms in total. The number of non-ortho nitro benzene ring substituents is 1. The average molecular weight is 351 g/mol. The van der Waals surface area contributed by atoms with E-state index in [2.05, 4.69) is 10.6 Å². The van der Waals surface area contributed by atoms with Gasteiger partial charge >= 0.3 is 0 Å². The standard InChI is InChI=1S/C17H13N5O4/c18-9-12(10-20-16(23)11-4-6-13(19)7-5-11)17(24)21-14-2-1-3-15(8-14)22(25)26/h1-8,10H,19H2,(H,20,23)(H,21,24)/b12-10-. The lowest BCUT2D eigenvalue weighted by atomic mass is 10.2. The Bertz CT molecular complexity index is 929. The normalized spacial score (nSPS) is 10.5. The minimum Gasteiger partial charge on any atom is -0.399 e. The zero-order valence-corrected chi connectivity index (χ0v) is 13.3. The Morgan fingerprint density at radius 1 is 1.19 bits per heavy atom. The van der Waals surface area contributed by atoms with Gasteiger partial charge in [0.2, 0.25) is 0 Å². The number of nitrogens with one attached hydrogen (secondary N) is 2. The van der Waals surface area contributed by atoms with Gasteiger partial charge in [-0.3, -0.25) is 19.7 Å². The number of anilines is 2. The van der Waals surface area contributed by atoms with Crippen LogP contribution in [0.3, 0.4) is 0 Å². The molecule has 26 heavy (non-hydrogen) atoms. The van der Waals surface area contributed by atoms with Crippen LogP contribution in [0.2, 0.25) is 0 Å². The van der Waals surface area contributed by atoms with Crippen molar-refractivity contribution in [3.63, 3.8) is 0 Å². The lowest BCUT2D eigenvalue weighted by molar-refractivity contribution is -0.384. The Morgan fingerprint density at radius 2 is 1.88 bits per heavy atom. The van der Waals surface area contributed by atoms with Gasteiger partial charge in [-0.1, -0.05) is 6.07 Å². The number of hydrogen-bond acceptors (Lipinski definition) is 6. The van der Waals surface area contributed by atoms with E-state index in [-0.39, 0.29) is 16.9 Å². The minimum atomic E-state index is -0.814. The van der Waals surface area contributed by atoms with E-state index in [4.69, 9.17) is 11.0 Å². The Hall–Kier alpha value is -4.19. The number of nitro benzene ring substituents is 1. The summed E-state index contributed by atoms with van der Waals surface area (Å²) in [5.74, 6) is -1.34. The molecule has 4 N–H and O–H groups in total. The largest absolute Gasteiger partial charge is 0.399 e. The number of nitrogen functional groups attached to an aromatic ring is 1. The number of carbonyl (C=O) groups is 2. The molecule has 0 radical (unpaired) electrons. The SMILES string of the molecule is N#C/C(=C/NC(=O)c1ccc(N)cc1)C(=O)Nc1cccc([N+](=O)[O-])c1. The van der Waals surface area contributed by atoms with Gasteiger partial charge in [0.15, 0.2) is 0 Å². The number of hydrogen-bond donors (Lipinski definition) is 3. The van der Waals surface area contributed by atoms with E-state index < -0.39 is 16.7 Å². The fraction of sp³-hybridized carbons (Fsp3) is 0. The summed E-state index contributed by atoms with van der Waals surface area (Å²) in [7, 11) is 0. The van der Waals surface area contributed by atoms with Gasteiger partial charge in [0, 0.05) is 35.3 Å². The molecule has 0 saturated carbocycles. The summed E-state index contributed by atoms with van der Waals surface area (Å²) in [6, 6.07) is 13.0.